The summed E-state index contributed by atoms with van der Waals surface area (Å²) < 4.78 is 55.6. The molecule has 0 radical (unpaired) electrons. The van der Waals surface area contributed by atoms with Crippen molar-refractivity contribution in [2.24, 2.45) is 0 Å². The van der Waals surface area contributed by atoms with Crippen molar-refractivity contribution in [1.29, 1.82) is 0 Å². The number of ether oxygens (including phenoxy) is 3. The highest BCUT2D eigenvalue weighted by atomic mass is 32.2. The number of halogens is 1. The van der Waals surface area contributed by atoms with Crippen LogP contribution in [0.15, 0.2) is 41.3 Å². The average molecular weight is 494 g/mol. The number of nitrogens with one attached hydrogen (secondary N) is 1. The second kappa shape index (κ2) is 9.95. The van der Waals surface area contributed by atoms with E-state index in [-0.39, 0.29) is 11.7 Å². The number of carbonyl (C=O) groups excluding carboxylic acids is 2. The molecule has 2 aromatic rings. The average Bonchev–Trinajstić information content (AvgIpc) is 3.31. The summed E-state index contributed by atoms with van der Waals surface area (Å²) in [4.78, 5) is 28.2. The summed E-state index contributed by atoms with van der Waals surface area (Å²) in [6, 6.07) is 8.56. The first-order valence-corrected chi connectivity index (χ1v) is 12.0. The molecule has 0 bridgehead atoms. The van der Waals surface area contributed by atoms with Crippen LogP contribution in [0.25, 0.3) is 0 Å². The maximum absolute atomic E-state index is 14.1. The molecule has 12 heteroatoms. The lowest BCUT2D eigenvalue weighted by molar-refractivity contribution is -0.136. The molecule has 2 aliphatic rings. The van der Waals surface area contributed by atoms with Gasteiger partial charge in [0.1, 0.15) is 5.82 Å². The number of benzene rings is 2. The lowest BCUT2D eigenvalue weighted by Crippen LogP contribution is -2.49. The first-order valence-electron chi connectivity index (χ1n) is 10.6. The zero-order chi connectivity index (χ0) is 24.3. The number of rotatable bonds is 7. The Morgan fingerprint density at radius 2 is 1.79 bits per heavy atom. The molecule has 182 valence electrons. The van der Waals surface area contributed by atoms with E-state index in [2.05, 4.69) is 9.62 Å². The number of fused-ring (bicyclic) bond motifs is 1. The van der Waals surface area contributed by atoms with Crippen LogP contribution in [0.4, 0.5) is 4.39 Å². The Morgan fingerprint density at radius 1 is 1.06 bits per heavy atom. The number of piperazine rings is 1. The van der Waals surface area contributed by atoms with Crippen LogP contribution in [0.3, 0.4) is 0 Å². The van der Waals surface area contributed by atoms with Crippen molar-refractivity contribution in [2.75, 3.05) is 46.6 Å². The third-order valence-corrected chi connectivity index (χ3v) is 7.04. The van der Waals surface area contributed by atoms with Gasteiger partial charge in [0.05, 0.1) is 10.5 Å². The molecule has 2 heterocycles. The molecule has 34 heavy (non-hydrogen) atoms. The number of esters is 1. The summed E-state index contributed by atoms with van der Waals surface area (Å²) in [7, 11) is -2.67. The summed E-state index contributed by atoms with van der Waals surface area (Å²) in [5.74, 6) is -1.01. The highest BCUT2D eigenvalue weighted by Gasteiger charge is 2.24. The van der Waals surface area contributed by atoms with E-state index in [4.69, 9.17) is 14.2 Å². The summed E-state index contributed by atoms with van der Waals surface area (Å²) >= 11 is 0. The van der Waals surface area contributed by atoms with E-state index in [1.165, 1.54) is 7.05 Å². The summed E-state index contributed by atoms with van der Waals surface area (Å²) in [6.07, 6.45) is 0. The molecule has 0 aromatic heterocycles. The highest BCUT2D eigenvalue weighted by Crippen LogP contribution is 2.32. The summed E-state index contributed by atoms with van der Waals surface area (Å²) in [5, 5.41) is 0. The van der Waals surface area contributed by atoms with Crippen LogP contribution in [0.5, 0.6) is 11.5 Å². The molecule has 1 N–H and O–H groups in total. The molecule has 2 aliphatic heterocycles. The van der Waals surface area contributed by atoms with Gasteiger partial charge in [0.15, 0.2) is 18.1 Å². The number of nitrogens with zero attached hydrogens (tertiary/aromatic N) is 2. The normalized spacial score (nSPS) is 15.9. The zero-order valence-corrected chi connectivity index (χ0v) is 19.3. The van der Waals surface area contributed by atoms with Gasteiger partial charge in [-0.05, 0) is 42.9 Å². The molecule has 1 amide bonds. The third-order valence-electron chi connectivity index (χ3n) is 5.63. The number of carbonyl (C=O) groups is 2. The monoisotopic (exact) mass is 493 g/mol. The van der Waals surface area contributed by atoms with Crippen LogP contribution < -0.4 is 14.2 Å². The van der Waals surface area contributed by atoms with Crippen molar-refractivity contribution in [3.63, 3.8) is 0 Å². The fourth-order valence-corrected chi connectivity index (χ4v) is 4.45. The van der Waals surface area contributed by atoms with Crippen molar-refractivity contribution in [2.45, 2.75) is 11.4 Å². The van der Waals surface area contributed by atoms with E-state index in [1.807, 2.05) is 18.2 Å². The Kier molecular flexibility index (Phi) is 7.00. The third kappa shape index (κ3) is 5.29. The van der Waals surface area contributed by atoms with Crippen molar-refractivity contribution in [1.82, 2.24) is 14.5 Å². The minimum Gasteiger partial charge on any atom is -0.454 e. The summed E-state index contributed by atoms with van der Waals surface area (Å²) in [6.45, 7) is 2.51. The van der Waals surface area contributed by atoms with Crippen LogP contribution in [-0.4, -0.2) is 76.7 Å². The Bertz CT molecular complexity index is 1200. The molecular weight excluding hydrogens is 469 g/mol. The molecular formula is C22H24FN3O7S. The van der Waals surface area contributed by atoms with Gasteiger partial charge in [-0.2, -0.15) is 0 Å². The lowest BCUT2D eigenvalue weighted by atomic mass is 10.1. The minimum absolute atomic E-state index is 0.220. The van der Waals surface area contributed by atoms with Crippen molar-refractivity contribution >= 4 is 21.9 Å². The van der Waals surface area contributed by atoms with Gasteiger partial charge in [-0.1, -0.05) is 6.07 Å². The Hall–Kier alpha value is -3.22. The van der Waals surface area contributed by atoms with Crippen molar-refractivity contribution in [3.8, 4) is 11.5 Å². The largest absolute Gasteiger partial charge is 0.454 e. The van der Waals surface area contributed by atoms with Gasteiger partial charge in [-0.25, -0.2) is 22.3 Å². The molecule has 2 aromatic carbocycles. The van der Waals surface area contributed by atoms with E-state index in [1.54, 1.807) is 4.90 Å². The van der Waals surface area contributed by atoms with Gasteiger partial charge in [0, 0.05) is 32.7 Å². The SMILES string of the molecule is CNS(=O)(=O)c1ccc(F)c(C(=O)OCC(=O)N2CCN(Cc3ccc4c(c3)OCO4)CC2)c1. The second-order valence-electron chi connectivity index (χ2n) is 7.77. The van der Waals surface area contributed by atoms with E-state index in [0.717, 1.165) is 35.3 Å². The maximum atomic E-state index is 14.1. The zero-order valence-electron chi connectivity index (χ0n) is 18.5. The van der Waals surface area contributed by atoms with E-state index < -0.39 is 39.9 Å². The fraction of sp³-hybridized carbons (Fsp3) is 0.364. The van der Waals surface area contributed by atoms with Crippen LogP contribution in [-0.2, 0) is 26.1 Å². The molecule has 0 atom stereocenters. The van der Waals surface area contributed by atoms with Gasteiger partial charge >= 0.3 is 5.97 Å². The van der Waals surface area contributed by atoms with Crippen LogP contribution >= 0.6 is 0 Å². The Labute approximate surface area is 196 Å². The molecule has 10 nitrogen and oxygen atoms in total. The first-order chi connectivity index (χ1) is 16.3. The van der Waals surface area contributed by atoms with E-state index in [0.29, 0.717) is 32.7 Å². The minimum atomic E-state index is -3.87. The van der Waals surface area contributed by atoms with Gasteiger partial charge in [0.25, 0.3) is 5.91 Å². The second-order valence-corrected chi connectivity index (χ2v) is 9.66. The van der Waals surface area contributed by atoms with Gasteiger partial charge in [0.2, 0.25) is 16.8 Å². The van der Waals surface area contributed by atoms with Crippen LogP contribution in [0.1, 0.15) is 15.9 Å². The van der Waals surface area contributed by atoms with E-state index >= 15 is 0 Å². The molecule has 0 unspecified atom stereocenters. The topological polar surface area (TPSA) is 114 Å². The predicted molar refractivity (Wildman–Crippen MR) is 117 cm³/mol. The summed E-state index contributed by atoms with van der Waals surface area (Å²) in [5.41, 5.74) is 0.514. The molecule has 4 rings (SSSR count). The molecule has 0 saturated carbocycles. The molecule has 1 fully saturated rings. The van der Waals surface area contributed by atoms with E-state index in [9.17, 15) is 22.4 Å². The van der Waals surface area contributed by atoms with Crippen LogP contribution in [0, 0.1) is 5.82 Å². The van der Waals surface area contributed by atoms with Crippen molar-refractivity contribution in [3.05, 3.63) is 53.3 Å². The smallest absolute Gasteiger partial charge is 0.341 e. The highest BCUT2D eigenvalue weighted by molar-refractivity contribution is 7.89. The Balaban J connectivity index is 1.27. The predicted octanol–water partition coefficient (Wildman–Crippen LogP) is 0.964. The Morgan fingerprint density at radius 3 is 2.53 bits per heavy atom. The van der Waals surface area contributed by atoms with Gasteiger partial charge in [-0.3, -0.25) is 9.69 Å². The standard InChI is InChI=1S/C22H24FN3O7S/c1-24-34(29,30)16-3-4-18(23)17(11-16)22(28)31-13-21(27)26-8-6-25(7-9-26)12-15-2-5-19-20(10-15)33-14-32-19/h2-5,10-11,24H,6-9,12-14H2,1H3. The van der Waals surface area contributed by atoms with Gasteiger partial charge in [-0.15, -0.1) is 0 Å². The van der Waals surface area contributed by atoms with Gasteiger partial charge < -0.3 is 19.1 Å². The number of hydrogen-bond acceptors (Lipinski definition) is 8. The maximum Gasteiger partial charge on any atom is 0.341 e. The number of hydrogen-bond donors (Lipinski definition) is 1. The molecule has 0 aliphatic carbocycles. The number of sulfonamides is 1. The molecule has 0 spiro atoms. The fourth-order valence-electron chi connectivity index (χ4n) is 3.70. The van der Waals surface area contributed by atoms with Crippen LogP contribution in [0.2, 0.25) is 0 Å². The van der Waals surface area contributed by atoms with Crippen molar-refractivity contribution < 1.29 is 36.6 Å². The first kappa shape index (κ1) is 23.9. The quantitative estimate of drug-likeness (QED) is 0.568. The lowest BCUT2D eigenvalue weighted by Gasteiger charge is -2.34. The number of amides is 1. The molecule has 1 saturated heterocycles.